The van der Waals surface area contributed by atoms with E-state index >= 15 is 0 Å². The van der Waals surface area contributed by atoms with Crippen LogP contribution in [0.4, 0.5) is 5.82 Å². The lowest BCUT2D eigenvalue weighted by atomic mass is 10.2. The number of hydrogen-bond acceptors (Lipinski definition) is 7. The first-order valence-corrected chi connectivity index (χ1v) is 6.63. The van der Waals surface area contributed by atoms with Gasteiger partial charge in [0, 0.05) is 13.1 Å². The number of carbonyl (C=O) groups is 1. The first-order chi connectivity index (χ1) is 9.56. The molecule has 7 heteroatoms. The van der Waals surface area contributed by atoms with Crippen LogP contribution < -0.4 is 5.73 Å². The van der Waals surface area contributed by atoms with Crippen molar-refractivity contribution < 1.29 is 14.3 Å². The number of aryl methyl sites for hydroxylation is 1. The fourth-order valence-corrected chi connectivity index (χ4v) is 2.26. The molecule has 2 N–H and O–H groups in total. The van der Waals surface area contributed by atoms with Crippen molar-refractivity contribution in [2.75, 3.05) is 39.1 Å². The van der Waals surface area contributed by atoms with Crippen LogP contribution >= 0.6 is 0 Å². The monoisotopic (exact) mass is 280 g/mol. The summed E-state index contributed by atoms with van der Waals surface area (Å²) in [6, 6.07) is 0. The number of likely N-dealkylation sites (N-methyl/N-ethyl adjacent to an activating group) is 1. The zero-order chi connectivity index (χ0) is 14.7. The maximum atomic E-state index is 11.6. The first kappa shape index (κ1) is 14.7. The van der Waals surface area contributed by atoms with Crippen molar-refractivity contribution in [3.05, 3.63) is 17.1 Å². The van der Waals surface area contributed by atoms with Crippen molar-refractivity contribution in [1.29, 1.82) is 0 Å². The van der Waals surface area contributed by atoms with E-state index in [2.05, 4.69) is 26.5 Å². The average Bonchev–Trinajstić information content (AvgIpc) is 2.46. The Morgan fingerprint density at radius 2 is 2.30 bits per heavy atom. The second-order valence-corrected chi connectivity index (χ2v) is 4.67. The number of methoxy groups -OCH3 is 1. The molecule has 2 rings (SSSR count). The van der Waals surface area contributed by atoms with Crippen LogP contribution in [0.2, 0.25) is 0 Å². The van der Waals surface area contributed by atoms with Gasteiger partial charge >= 0.3 is 5.97 Å². The minimum atomic E-state index is -0.522. The summed E-state index contributed by atoms with van der Waals surface area (Å²) in [5.41, 5.74) is 6.58. The van der Waals surface area contributed by atoms with Crippen LogP contribution in [-0.4, -0.2) is 54.2 Å². The number of carbonyl (C=O) groups excluding carboxylic acids is 1. The van der Waals surface area contributed by atoms with Crippen molar-refractivity contribution in [1.82, 2.24) is 14.9 Å². The molecule has 1 atom stereocenters. The van der Waals surface area contributed by atoms with Gasteiger partial charge in [-0.05, 0) is 13.5 Å². The van der Waals surface area contributed by atoms with Gasteiger partial charge in [0.2, 0.25) is 0 Å². The Morgan fingerprint density at radius 1 is 1.55 bits per heavy atom. The molecule has 0 aromatic carbocycles. The largest absolute Gasteiger partial charge is 0.465 e. The van der Waals surface area contributed by atoms with E-state index in [1.807, 2.05) is 0 Å². The summed E-state index contributed by atoms with van der Waals surface area (Å²) in [4.78, 5) is 22.4. The lowest BCUT2D eigenvalue weighted by Gasteiger charge is -2.31. The Kier molecular flexibility index (Phi) is 4.51. The standard InChI is InChI=1S/C13H20N4O3/c1-4-17-5-6-20-9(7-17)12-15-8(2)10(11(14)16-12)13(18)19-3/h9H,4-7H2,1-3H3,(H2,14,15,16). The van der Waals surface area contributed by atoms with Crippen molar-refractivity contribution in [3.8, 4) is 0 Å². The quantitative estimate of drug-likeness (QED) is 0.808. The molecule has 0 amide bonds. The number of ether oxygens (including phenoxy) is 2. The SMILES string of the molecule is CCN1CCOC(c2nc(C)c(C(=O)OC)c(N)n2)C1. The second kappa shape index (κ2) is 6.15. The molecule has 1 aliphatic heterocycles. The first-order valence-electron chi connectivity index (χ1n) is 6.63. The van der Waals surface area contributed by atoms with Gasteiger partial charge in [-0.2, -0.15) is 0 Å². The Balaban J connectivity index is 2.28. The van der Waals surface area contributed by atoms with Crippen LogP contribution in [-0.2, 0) is 9.47 Å². The number of nitrogens with two attached hydrogens (primary N) is 1. The van der Waals surface area contributed by atoms with Crippen LogP contribution in [0.5, 0.6) is 0 Å². The molecule has 0 spiro atoms. The highest BCUT2D eigenvalue weighted by Gasteiger charge is 2.26. The number of morpholine rings is 1. The van der Waals surface area contributed by atoms with Crippen LogP contribution in [0.1, 0.15) is 34.9 Å². The third kappa shape index (κ3) is 2.88. The zero-order valence-electron chi connectivity index (χ0n) is 12.0. The van der Waals surface area contributed by atoms with Gasteiger partial charge in [0.05, 0.1) is 19.4 Å². The maximum Gasteiger partial charge on any atom is 0.343 e. The highest BCUT2D eigenvalue weighted by atomic mass is 16.5. The van der Waals surface area contributed by atoms with Gasteiger partial charge < -0.3 is 15.2 Å². The number of hydrogen-bond donors (Lipinski definition) is 1. The summed E-state index contributed by atoms with van der Waals surface area (Å²) in [5.74, 6) is 0.133. The molecule has 7 nitrogen and oxygen atoms in total. The second-order valence-electron chi connectivity index (χ2n) is 4.67. The Labute approximate surface area is 118 Å². The predicted octanol–water partition coefficient (Wildman–Crippen LogP) is 0.547. The molecular formula is C13H20N4O3. The molecule has 1 aromatic heterocycles. The van der Waals surface area contributed by atoms with E-state index < -0.39 is 5.97 Å². The normalized spacial score (nSPS) is 19.9. The topological polar surface area (TPSA) is 90.6 Å². The predicted molar refractivity (Wildman–Crippen MR) is 73.3 cm³/mol. The van der Waals surface area contributed by atoms with Gasteiger partial charge in [0.25, 0.3) is 0 Å². The molecule has 110 valence electrons. The number of esters is 1. The third-order valence-corrected chi connectivity index (χ3v) is 3.41. The van der Waals surface area contributed by atoms with Gasteiger partial charge in [-0.1, -0.05) is 6.92 Å². The minimum absolute atomic E-state index is 0.136. The summed E-state index contributed by atoms with van der Waals surface area (Å²) in [7, 11) is 1.30. The fourth-order valence-electron chi connectivity index (χ4n) is 2.26. The summed E-state index contributed by atoms with van der Waals surface area (Å²) < 4.78 is 10.4. The molecule has 0 saturated carbocycles. The van der Waals surface area contributed by atoms with E-state index in [1.54, 1.807) is 6.92 Å². The number of nitrogens with zero attached hydrogens (tertiary/aromatic N) is 3. The molecule has 1 fully saturated rings. The van der Waals surface area contributed by atoms with E-state index in [4.69, 9.17) is 10.5 Å². The van der Waals surface area contributed by atoms with Gasteiger partial charge in [0.1, 0.15) is 17.5 Å². The van der Waals surface area contributed by atoms with Gasteiger partial charge in [-0.15, -0.1) is 0 Å². The van der Waals surface area contributed by atoms with Crippen LogP contribution in [0.25, 0.3) is 0 Å². The van der Waals surface area contributed by atoms with E-state index in [0.717, 1.165) is 19.6 Å². The zero-order valence-corrected chi connectivity index (χ0v) is 12.0. The molecule has 20 heavy (non-hydrogen) atoms. The van der Waals surface area contributed by atoms with Crippen LogP contribution in [0.15, 0.2) is 0 Å². The minimum Gasteiger partial charge on any atom is -0.465 e. The number of rotatable bonds is 3. The molecule has 0 bridgehead atoms. The summed E-state index contributed by atoms with van der Waals surface area (Å²) in [5, 5.41) is 0. The molecule has 1 unspecified atom stereocenters. The van der Waals surface area contributed by atoms with Crippen molar-refractivity contribution in [2.24, 2.45) is 0 Å². The number of anilines is 1. The van der Waals surface area contributed by atoms with Crippen LogP contribution in [0.3, 0.4) is 0 Å². The van der Waals surface area contributed by atoms with Gasteiger partial charge in [-0.25, -0.2) is 14.8 Å². The number of aromatic nitrogens is 2. The summed E-state index contributed by atoms with van der Waals surface area (Å²) >= 11 is 0. The van der Waals surface area contributed by atoms with Gasteiger partial charge in [0.15, 0.2) is 5.82 Å². The molecule has 0 aliphatic carbocycles. The lowest BCUT2D eigenvalue weighted by Crippen LogP contribution is -2.38. The maximum absolute atomic E-state index is 11.6. The summed E-state index contributed by atoms with van der Waals surface area (Å²) in [6.07, 6.45) is -0.212. The van der Waals surface area contributed by atoms with E-state index in [1.165, 1.54) is 7.11 Å². The molecule has 1 aliphatic rings. The smallest absolute Gasteiger partial charge is 0.343 e. The summed E-state index contributed by atoms with van der Waals surface area (Å²) in [6.45, 7) is 7.04. The van der Waals surface area contributed by atoms with E-state index in [0.29, 0.717) is 18.1 Å². The highest BCUT2D eigenvalue weighted by molar-refractivity contribution is 5.95. The van der Waals surface area contributed by atoms with Crippen molar-refractivity contribution >= 4 is 11.8 Å². The molecule has 2 heterocycles. The average molecular weight is 280 g/mol. The van der Waals surface area contributed by atoms with Gasteiger partial charge in [-0.3, -0.25) is 4.90 Å². The van der Waals surface area contributed by atoms with Crippen molar-refractivity contribution in [2.45, 2.75) is 20.0 Å². The van der Waals surface area contributed by atoms with Crippen molar-refractivity contribution in [3.63, 3.8) is 0 Å². The third-order valence-electron chi connectivity index (χ3n) is 3.41. The number of nitrogen functional groups attached to an aromatic ring is 1. The van der Waals surface area contributed by atoms with Crippen LogP contribution in [0, 0.1) is 6.92 Å². The Hall–Kier alpha value is -1.73. The van der Waals surface area contributed by atoms with E-state index in [-0.39, 0.29) is 17.5 Å². The van der Waals surface area contributed by atoms with E-state index in [9.17, 15) is 4.79 Å². The Bertz CT molecular complexity index is 483. The molecule has 1 aromatic rings. The molecular weight excluding hydrogens is 260 g/mol. The molecule has 0 radical (unpaired) electrons. The molecule has 1 saturated heterocycles. The highest BCUT2D eigenvalue weighted by Crippen LogP contribution is 2.22. The fraction of sp³-hybridized carbons (Fsp3) is 0.615. The lowest BCUT2D eigenvalue weighted by molar-refractivity contribution is -0.0326. The Morgan fingerprint density at radius 3 is 2.90 bits per heavy atom.